The highest BCUT2D eigenvalue weighted by Crippen LogP contribution is 2.25. The zero-order chi connectivity index (χ0) is 18.8. The monoisotopic (exact) mass is 376 g/mol. The summed E-state index contributed by atoms with van der Waals surface area (Å²) < 4.78 is 1.76. The number of nitrogens with zero attached hydrogens (tertiary/aromatic N) is 4. The Hall–Kier alpha value is -2.98. The molecule has 7 heteroatoms. The van der Waals surface area contributed by atoms with E-state index in [1.165, 1.54) is 11.1 Å². The highest BCUT2D eigenvalue weighted by molar-refractivity contribution is 7.27. The van der Waals surface area contributed by atoms with Gasteiger partial charge in [-0.05, 0) is 35.5 Å². The molecule has 2 aromatic carbocycles. The fraction of sp³-hybridized carbons (Fsp3) is 0.150. The third-order valence-corrected chi connectivity index (χ3v) is 4.80. The van der Waals surface area contributed by atoms with Crippen LogP contribution in [0.4, 0.5) is 17.5 Å². The summed E-state index contributed by atoms with van der Waals surface area (Å²) in [5.74, 6) is 1.30. The number of fused-ring (bicyclic) bond motifs is 1. The lowest BCUT2D eigenvalue weighted by molar-refractivity contribution is 0.785. The van der Waals surface area contributed by atoms with Gasteiger partial charge in [0.05, 0.1) is 11.6 Å². The molecule has 0 aliphatic heterocycles. The molecule has 0 bridgehead atoms. The van der Waals surface area contributed by atoms with E-state index < -0.39 is 0 Å². The minimum Gasteiger partial charge on any atom is -0.350 e. The highest BCUT2D eigenvalue weighted by Gasteiger charge is 2.12. The van der Waals surface area contributed by atoms with Crippen molar-refractivity contribution in [3.63, 3.8) is 0 Å². The van der Waals surface area contributed by atoms with Gasteiger partial charge in [-0.2, -0.15) is 15.1 Å². The van der Waals surface area contributed by atoms with Gasteiger partial charge < -0.3 is 10.6 Å². The van der Waals surface area contributed by atoms with Gasteiger partial charge in [-0.25, -0.2) is 0 Å². The summed E-state index contributed by atoms with van der Waals surface area (Å²) in [5, 5.41) is 13.1. The lowest BCUT2D eigenvalue weighted by Gasteiger charge is -2.11. The molecule has 136 valence electrons. The SMILES string of the molecule is Cc1ccccc1CNc1nc(Nc2cccc(P)c2)c2cnn(C)c2n1. The van der Waals surface area contributed by atoms with Crippen LogP contribution < -0.4 is 15.9 Å². The van der Waals surface area contributed by atoms with Crippen LogP contribution in [0, 0.1) is 6.92 Å². The summed E-state index contributed by atoms with van der Waals surface area (Å²) in [4.78, 5) is 9.32. The largest absolute Gasteiger partial charge is 0.350 e. The molecule has 0 aliphatic carbocycles. The molecule has 2 aromatic heterocycles. The normalized spacial score (nSPS) is 10.9. The van der Waals surface area contributed by atoms with Gasteiger partial charge in [0.2, 0.25) is 5.95 Å². The van der Waals surface area contributed by atoms with Crippen LogP contribution in [0.5, 0.6) is 0 Å². The smallest absolute Gasteiger partial charge is 0.227 e. The maximum absolute atomic E-state index is 4.69. The van der Waals surface area contributed by atoms with Gasteiger partial charge in [0.15, 0.2) is 5.65 Å². The van der Waals surface area contributed by atoms with E-state index in [-0.39, 0.29) is 0 Å². The third-order valence-electron chi connectivity index (χ3n) is 4.44. The average molecular weight is 376 g/mol. The minimum absolute atomic E-state index is 0.568. The van der Waals surface area contributed by atoms with Gasteiger partial charge in [-0.1, -0.05) is 36.4 Å². The topological polar surface area (TPSA) is 67.7 Å². The second-order valence-corrected chi connectivity index (χ2v) is 7.10. The summed E-state index contributed by atoms with van der Waals surface area (Å²) >= 11 is 0. The predicted molar refractivity (Wildman–Crippen MR) is 114 cm³/mol. The van der Waals surface area contributed by atoms with E-state index >= 15 is 0 Å². The predicted octanol–water partition coefficient (Wildman–Crippen LogP) is 3.53. The molecule has 4 aromatic rings. The Morgan fingerprint density at radius 1 is 1.07 bits per heavy atom. The first-order chi connectivity index (χ1) is 13.1. The van der Waals surface area contributed by atoms with Crippen molar-refractivity contribution in [1.29, 1.82) is 0 Å². The second kappa shape index (κ2) is 7.33. The molecule has 27 heavy (non-hydrogen) atoms. The first-order valence-electron chi connectivity index (χ1n) is 8.71. The van der Waals surface area contributed by atoms with Gasteiger partial charge in [-0.15, -0.1) is 9.24 Å². The number of benzene rings is 2. The minimum atomic E-state index is 0.568. The van der Waals surface area contributed by atoms with Gasteiger partial charge in [0, 0.05) is 19.3 Å². The van der Waals surface area contributed by atoms with Crippen LogP contribution >= 0.6 is 9.24 Å². The van der Waals surface area contributed by atoms with Crippen molar-refractivity contribution < 1.29 is 0 Å². The number of hydrogen-bond acceptors (Lipinski definition) is 5. The summed E-state index contributed by atoms with van der Waals surface area (Å²) in [6.07, 6.45) is 1.79. The van der Waals surface area contributed by atoms with E-state index in [0.717, 1.165) is 27.8 Å². The molecule has 0 amide bonds. The lowest BCUT2D eigenvalue weighted by atomic mass is 10.1. The molecular formula is C20H21N6P. The summed E-state index contributed by atoms with van der Waals surface area (Å²) in [7, 11) is 4.59. The van der Waals surface area contributed by atoms with E-state index in [0.29, 0.717) is 12.5 Å². The molecule has 1 unspecified atom stereocenters. The van der Waals surface area contributed by atoms with Crippen molar-refractivity contribution >= 4 is 43.0 Å². The highest BCUT2D eigenvalue weighted by atomic mass is 31.0. The maximum Gasteiger partial charge on any atom is 0.227 e. The lowest BCUT2D eigenvalue weighted by Crippen LogP contribution is -2.08. The molecule has 0 fully saturated rings. The number of hydrogen-bond donors (Lipinski definition) is 2. The zero-order valence-corrected chi connectivity index (χ0v) is 16.4. The molecule has 2 N–H and O–H groups in total. The molecule has 0 saturated carbocycles. The van der Waals surface area contributed by atoms with Crippen molar-refractivity contribution in [2.45, 2.75) is 13.5 Å². The average Bonchev–Trinajstić information content (AvgIpc) is 3.02. The fourth-order valence-corrected chi connectivity index (χ4v) is 3.22. The number of rotatable bonds is 5. The van der Waals surface area contributed by atoms with Crippen LogP contribution in [0.1, 0.15) is 11.1 Å². The first kappa shape index (κ1) is 17.4. The number of aromatic nitrogens is 4. The fourth-order valence-electron chi connectivity index (χ4n) is 2.93. The molecule has 0 spiro atoms. The number of aryl methyl sites for hydroxylation is 2. The Morgan fingerprint density at radius 3 is 2.74 bits per heavy atom. The van der Waals surface area contributed by atoms with Crippen LogP contribution in [-0.4, -0.2) is 19.7 Å². The van der Waals surface area contributed by atoms with Crippen LogP contribution in [0.15, 0.2) is 54.7 Å². The Labute approximate surface area is 160 Å². The van der Waals surface area contributed by atoms with Crippen molar-refractivity contribution in [3.05, 3.63) is 65.9 Å². The van der Waals surface area contributed by atoms with Crippen molar-refractivity contribution in [1.82, 2.24) is 19.7 Å². The molecule has 0 radical (unpaired) electrons. The van der Waals surface area contributed by atoms with Crippen LogP contribution in [-0.2, 0) is 13.6 Å². The van der Waals surface area contributed by atoms with E-state index in [2.05, 4.69) is 55.1 Å². The summed E-state index contributed by atoms with van der Waals surface area (Å²) in [5.41, 5.74) is 4.21. The Balaban J connectivity index is 1.67. The third kappa shape index (κ3) is 3.76. The summed E-state index contributed by atoms with van der Waals surface area (Å²) in [6.45, 7) is 2.77. The molecule has 0 saturated heterocycles. The van der Waals surface area contributed by atoms with Crippen molar-refractivity contribution in [2.75, 3.05) is 10.6 Å². The van der Waals surface area contributed by atoms with Crippen LogP contribution in [0.25, 0.3) is 11.0 Å². The molecule has 6 nitrogen and oxygen atoms in total. The Kier molecular flexibility index (Phi) is 4.73. The molecule has 1 atom stereocenters. The van der Waals surface area contributed by atoms with E-state index in [1.54, 1.807) is 10.9 Å². The summed E-state index contributed by atoms with van der Waals surface area (Å²) in [6, 6.07) is 16.4. The standard InChI is InChI=1S/C20H21N6P/c1-13-6-3-4-7-14(13)11-21-20-24-18(17-12-22-26(2)19(17)25-20)23-15-8-5-9-16(27)10-15/h3-10,12H,11,27H2,1-2H3,(H2,21,23,24,25). The van der Waals surface area contributed by atoms with E-state index in [4.69, 9.17) is 4.98 Å². The Morgan fingerprint density at radius 2 is 1.93 bits per heavy atom. The Bertz CT molecular complexity index is 1100. The van der Waals surface area contributed by atoms with Crippen molar-refractivity contribution in [3.8, 4) is 0 Å². The van der Waals surface area contributed by atoms with Gasteiger partial charge in [0.1, 0.15) is 5.82 Å². The van der Waals surface area contributed by atoms with E-state index in [9.17, 15) is 0 Å². The molecule has 2 heterocycles. The van der Waals surface area contributed by atoms with Gasteiger partial charge >= 0.3 is 0 Å². The first-order valence-corrected chi connectivity index (χ1v) is 9.28. The van der Waals surface area contributed by atoms with Crippen LogP contribution in [0.2, 0.25) is 0 Å². The second-order valence-electron chi connectivity index (χ2n) is 6.43. The molecule has 0 aliphatic rings. The zero-order valence-electron chi connectivity index (χ0n) is 15.3. The van der Waals surface area contributed by atoms with Gasteiger partial charge in [-0.3, -0.25) is 4.68 Å². The molecular weight excluding hydrogens is 355 g/mol. The number of anilines is 3. The number of nitrogens with one attached hydrogen (secondary N) is 2. The van der Waals surface area contributed by atoms with Crippen molar-refractivity contribution in [2.24, 2.45) is 7.05 Å². The van der Waals surface area contributed by atoms with Gasteiger partial charge in [0.25, 0.3) is 0 Å². The molecule has 4 rings (SSSR count). The quantitative estimate of drug-likeness (QED) is 0.522. The maximum atomic E-state index is 4.69. The van der Waals surface area contributed by atoms with E-state index in [1.807, 2.05) is 37.4 Å². The van der Waals surface area contributed by atoms with Crippen LogP contribution in [0.3, 0.4) is 0 Å².